The van der Waals surface area contributed by atoms with E-state index in [1.807, 2.05) is 31.3 Å². The second-order valence-electron chi connectivity index (χ2n) is 4.52. The van der Waals surface area contributed by atoms with Crippen LogP contribution < -0.4 is 5.32 Å². The maximum atomic E-state index is 5.95. The normalized spacial score (nSPS) is 11.3. The van der Waals surface area contributed by atoms with Gasteiger partial charge in [-0.15, -0.1) is 6.58 Å². The summed E-state index contributed by atoms with van der Waals surface area (Å²) in [4.78, 5) is 2.18. The third-order valence-corrected chi connectivity index (χ3v) is 2.99. The quantitative estimate of drug-likeness (QED) is 0.792. The van der Waals surface area contributed by atoms with Gasteiger partial charge in [0.05, 0.1) is 6.54 Å². The number of hydrogen-bond acceptors (Lipinski definition) is 3. The molecule has 3 nitrogen and oxygen atoms in total. The second kappa shape index (κ2) is 5.85. The van der Waals surface area contributed by atoms with Gasteiger partial charge >= 0.3 is 0 Å². The zero-order chi connectivity index (χ0) is 13.0. The molecule has 0 radical (unpaired) electrons. The maximum absolute atomic E-state index is 5.95. The van der Waals surface area contributed by atoms with E-state index in [0.717, 1.165) is 31.0 Å². The molecule has 0 aliphatic carbocycles. The van der Waals surface area contributed by atoms with Crippen molar-refractivity contribution in [2.24, 2.45) is 0 Å². The Morgan fingerprint density at radius 3 is 2.89 bits per heavy atom. The van der Waals surface area contributed by atoms with Crippen LogP contribution in [0, 0.1) is 0 Å². The number of likely N-dealkylation sites (N-methyl/N-ethyl adjacent to an activating group) is 1. The number of nitrogens with zero attached hydrogens (tertiary/aromatic N) is 1. The molecule has 96 valence electrons. The number of hydrogen-bond donors (Lipinski definition) is 1. The number of furan rings is 1. The molecule has 0 amide bonds. The van der Waals surface area contributed by atoms with Crippen molar-refractivity contribution >= 4 is 11.0 Å². The first-order valence-electron chi connectivity index (χ1n) is 6.19. The zero-order valence-corrected chi connectivity index (χ0v) is 11.1. The van der Waals surface area contributed by atoms with E-state index < -0.39 is 0 Å². The summed E-state index contributed by atoms with van der Waals surface area (Å²) in [6.45, 7) is 6.25. The van der Waals surface area contributed by atoms with E-state index in [0.29, 0.717) is 0 Å². The van der Waals surface area contributed by atoms with E-state index in [4.69, 9.17) is 4.42 Å². The molecule has 1 aromatic heterocycles. The highest BCUT2D eigenvalue weighted by molar-refractivity contribution is 5.82. The highest BCUT2D eigenvalue weighted by atomic mass is 16.3. The fourth-order valence-corrected chi connectivity index (χ4v) is 2.18. The van der Waals surface area contributed by atoms with Crippen molar-refractivity contribution in [2.75, 3.05) is 20.6 Å². The molecular formula is C15H20N2O. The maximum Gasteiger partial charge on any atom is 0.134 e. The van der Waals surface area contributed by atoms with Crippen molar-refractivity contribution in [1.29, 1.82) is 0 Å². The summed E-state index contributed by atoms with van der Waals surface area (Å²) in [6.07, 6.45) is 1.90. The number of para-hydroxylation sites is 1. The second-order valence-corrected chi connectivity index (χ2v) is 4.52. The van der Waals surface area contributed by atoms with Crippen LogP contribution in [0.25, 0.3) is 11.0 Å². The molecule has 0 saturated heterocycles. The van der Waals surface area contributed by atoms with Gasteiger partial charge in [0.15, 0.2) is 0 Å². The Balaban J connectivity index is 2.35. The molecule has 0 saturated carbocycles. The third kappa shape index (κ3) is 2.63. The Bertz CT molecular complexity index is 530. The molecule has 0 atom stereocenters. The van der Waals surface area contributed by atoms with Crippen LogP contribution in [0.4, 0.5) is 0 Å². The molecule has 0 bridgehead atoms. The molecule has 2 aromatic rings. The molecule has 0 aliphatic rings. The average Bonchev–Trinajstić information content (AvgIpc) is 2.68. The molecule has 0 spiro atoms. The molecule has 1 heterocycles. The highest BCUT2D eigenvalue weighted by Gasteiger charge is 2.14. The summed E-state index contributed by atoms with van der Waals surface area (Å²) in [5, 5.41) is 4.41. The Labute approximate surface area is 108 Å². The van der Waals surface area contributed by atoms with Gasteiger partial charge < -0.3 is 9.73 Å². The minimum Gasteiger partial charge on any atom is -0.459 e. The molecule has 1 aromatic carbocycles. The molecule has 0 aliphatic heterocycles. The van der Waals surface area contributed by atoms with Gasteiger partial charge in [-0.05, 0) is 20.2 Å². The van der Waals surface area contributed by atoms with Crippen molar-refractivity contribution in [3.05, 3.63) is 48.2 Å². The van der Waals surface area contributed by atoms with Gasteiger partial charge in [0.1, 0.15) is 11.3 Å². The molecule has 0 unspecified atom stereocenters. The number of rotatable bonds is 6. The van der Waals surface area contributed by atoms with E-state index in [9.17, 15) is 0 Å². The largest absolute Gasteiger partial charge is 0.459 e. The number of fused-ring (bicyclic) bond motifs is 1. The fourth-order valence-electron chi connectivity index (χ4n) is 2.18. The van der Waals surface area contributed by atoms with Crippen LogP contribution in [0.3, 0.4) is 0 Å². The molecule has 0 fully saturated rings. The summed E-state index contributed by atoms with van der Waals surface area (Å²) in [7, 11) is 4.02. The van der Waals surface area contributed by atoms with Crippen LogP contribution in [-0.2, 0) is 13.1 Å². The molecular weight excluding hydrogens is 224 g/mol. The Morgan fingerprint density at radius 2 is 2.17 bits per heavy atom. The van der Waals surface area contributed by atoms with Gasteiger partial charge in [0.25, 0.3) is 0 Å². The van der Waals surface area contributed by atoms with Crippen molar-refractivity contribution in [1.82, 2.24) is 10.2 Å². The minimum absolute atomic E-state index is 0.803. The predicted octanol–water partition coefficient (Wildman–Crippen LogP) is 2.77. The predicted molar refractivity (Wildman–Crippen MR) is 75.5 cm³/mol. The summed E-state index contributed by atoms with van der Waals surface area (Å²) in [5.74, 6) is 1.04. The van der Waals surface area contributed by atoms with E-state index in [1.54, 1.807) is 0 Å². The topological polar surface area (TPSA) is 28.4 Å². The van der Waals surface area contributed by atoms with E-state index in [-0.39, 0.29) is 0 Å². The van der Waals surface area contributed by atoms with Gasteiger partial charge in [-0.2, -0.15) is 0 Å². The Morgan fingerprint density at radius 1 is 1.39 bits per heavy atom. The lowest BCUT2D eigenvalue weighted by molar-refractivity contribution is 0.326. The van der Waals surface area contributed by atoms with Crippen molar-refractivity contribution < 1.29 is 4.42 Å². The zero-order valence-electron chi connectivity index (χ0n) is 11.1. The lowest BCUT2D eigenvalue weighted by Gasteiger charge is -2.13. The summed E-state index contributed by atoms with van der Waals surface area (Å²) < 4.78 is 5.95. The van der Waals surface area contributed by atoms with Crippen molar-refractivity contribution in [3.8, 4) is 0 Å². The van der Waals surface area contributed by atoms with E-state index >= 15 is 0 Å². The van der Waals surface area contributed by atoms with Gasteiger partial charge in [-0.3, -0.25) is 4.90 Å². The standard InChI is InChI=1S/C15H20N2O/c1-4-9-17(3)11-15-13(10-16-2)12-7-5-6-8-14(12)18-15/h4-8,16H,1,9-11H2,2-3H3. The van der Waals surface area contributed by atoms with Crippen LogP contribution in [0.5, 0.6) is 0 Å². The van der Waals surface area contributed by atoms with E-state index in [2.05, 4.69) is 29.9 Å². The fraction of sp³-hybridized carbons (Fsp3) is 0.333. The lowest BCUT2D eigenvalue weighted by Crippen LogP contribution is -2.18. The number of nitrogens with one attached hydrogen (secondary N) is 1. The first-order chi connectivity index (χ1) is 8.76. The monoisotopic (exact) mass is 244 g/mol. The first-order valence-corrected chi connectivity index (χ1v) is 6.19. The number of benzene rings is 1. The molecule has 18 heavy (non-hydrogen) atoms. The van der Waals surface area contributed by atoms with Crippen LogP contribution in [-0.4, -0.2) is 25.5 Å². The summed E-state index contributed by atoms with van der Waals surface area (Å²) >= 11 is 0. The first kappa shape index (κ1) is 12.9. The molecule has 3 heteroatoms. The Kier molecular flexibility index (Phi) is 4.18. The SMILES string of the molecule is C=CCN(C)Cc1oc2ccccc2c1CNC. The van der Waals surface area contributed by atoms with Crippen LogP contribution >= 0.6 is 0 Å². The third-order valence-electron chi connectivity index (χ3n) is 2.99. The van der Waals surface area contributed by atoms with Gasteiger partial charge in [0.2, 0.25) is 0 Å². The van der Waals surface area contributed by atoms with Crippen molar-refractivity contribution in [2.45, 2.75) is 13.1 Å². The average molecular weight is 244 g/mol. The van der Waals surface area contributed by atoms with Crippen LogP contribution in [0.15, 0.2) is 41.3 Å². The smallest absolute Gasteiger partial charge is 0.134 e. The lowest BCUT2D eigenvalue weighted by atomic mass is 10.1. The highest BCUT2D eigenvalue weighted by Crippen LogP contribution is 2.26. The van der Waals surface area contributed by atoms with Crippen LogP contribution in [0.1, 0.15) is 11.3 Å². The summed E-state index contributed by atoms with van der Waals surface area (Å²) in [6, 6.07) is 8.19. The summed E-state index contributed by atoms with van der Waals surface area (Å²) in [5.41, 5.74) is 2.22. The van der Waals surface area contributed by atoms with Crippen LogP contribution in [0.2, 0.25) is 0 Å². The van der Waals surface area contributed by atoms with Crippen molar-refractivity contribution in [3.63, 3.8) is 0 Å². The minimum atomic E-state index is 0.803. The van der Waals surface area contributed by atoms with E-state index in [1.165, 1.54) is 10.9 Å². The molecule has 1 N–H and O–H groups in total. The van der Waals surface area contributed by atoms with Gasteiger partial charge in [0, 0.05) is 24.0 Å². The van der Waals surface area contributed by atoms with Gasteiger partial charge in [-0.1, -0.05) is 24.3 Å². The molecule has 2 rings (SSSR count). The van der Waals surface area contributed by atoms with Gasteiger partial charge in [-0.25, -0.2) is 0 Å². The Hall–Kier alpha value is -1.58.